The number of carbonyl (C=O) groups is 1. The second-order valence-electron chi connectivity index (χ2n) is 3.72. The summed E-state index contributed by atoms with van der Waals surface area (Å²) >= 11 is 1.52. The van der Waals surface area contributed by atoms with Gasteiger partial charge in [-0.1, -0.05) is 29.8 Å². The minimum Gasteiger partial charge on any atom is -0.328 e. The number of nitrogens with one attached hydrogen (secondary N) is 1. The molecule has 1 aromatic carbocycles. The zero-order valence-corrected chi connectivity index (χ0v) is 9.88. The van der Waals surface area contributed by atoms with Crippen molar-refractivity contribution in [2.45, 2.75) is 13.3 Å². The second kappa shape index (κ2) is 5.03. The molecule has 1 heterocycles. The van der Waals surface area contributed by atoms with Crippen molar-refractivity contribution in [3.63, 3.8) is 0 Å². The summed E-state index contributed by atoms with van der Waals surface area (Å²) in [5, 5.41) is 6.48. The van der Waals surface area contributed by atoms with Crippen LogP contribution in [0, 0.1) is 6.92 Å². The average molecular weight is 231 g/mol. The van der Waals surface area contributed by atoms with Gasteiger partial charge in [-0.15, -0.1) is 11.8 Å². The second-order valence-corrected chi connectivity index (χ2v) is 4.50. The Hall–Kier alpha value is -1.48. The molecule has 1 N–H and O–H groups in total. The first-order chi connectivity index (χ1) is 7.75. The van der Waals surface area contributed by atoms with E-state index in [4.69, 9.17) is 0 Å². The summed E-state index contributed by atoms with van der Waals surface area (Å²) in [5.41, 5.74) is 3.20. The van der Waals surface area contributed by atoms with Crippen molar-refractivity contribution >= 4 is 17.7 Å². The fraction of sp³-hybridized carbons (Fsp3) is 0.154. The van der Waals surface area contributed by atoms with E-state index in [0.717, 1.165) is 11.1 Å². The molecule has 0 radical (unpaired) electrons. The van der Waals surface area contributed by atoms with E-state index in [1.54, 1.807) is 6.20 Å². The molecule has 2 rings (SSSR count). The number of hydrogen-bond donors (Lipinski definition) is 1. The van der Waals surface area contributed by atoms with Crippen molar-refractivity contribution in [3.05, 3.63) is 58.0 Å². The van der Waals surface area contributed by atoms with Crippen molar-refractivity contribution in [1.82, 2.24) is 5.32 Å². The maximum Gasteiger partial charge on any atom is 0.252 e. The van der Waals surface area contributed by atoms with E-state index in [1.165, 1.54) is 17.3 Å². The number of carbonyl (C=O) groups excluding carboxylic acids is 1. The normalized spacial score (nSPS) is 15.3. The van der Waals surface area contributed by atoms with E-state index in [0.29, 0.717) is 6.42 Å². The summed E-state index contributed by atoms with van der Waals surface area (Å²) in [7, 11) is 0. The number of benzene rings is 1. The maximum atomic E-state index is 11.6. The van der Waals surface area contributed by atoms with Crippen molar-refractivity contribution in [2.75, 3.05) is 0 Å². The molecule has 0 saturated carbocycles. The van der Waals surface area contributed by atoms with Gasteiger partial charge in [0.15, 0.2) is 0 Å². The Morgan fingerprint density at radius 2 is 2.00 bits per heavy atom. The lowest BCUT2D eigenvalue weighted by atomic mass is 10.0. The Morgan fingerprint density at radius 1 is 1.25 bits per heavy atom. The zero-order chi connectivity index (χ0) is 11.4. The van der Waals surface area contributed by atoms with Crippen LogP contribution in [0.3, 0.4) is 0 Å². The van der Waals surface area contributed by atoms with Crippen LogP contribution in [-0.4, -0.2) is 5.91 Å². The van der Waals surface area contributed by atoms with Gasteiger partial charge in [-0.05, 0) is 23.3 Å². The Balaban J connectivity index is 2.12. The molecule has 0 saturated heterocycles. The third-order valence-electron chi connectivity index (χ3n) is 2.38. The minimum absolute atomic E-state index is 0.0122. The smallest absolute Gasteiger partial charge is 0.252 e. The summed E-state index contributed by atoms with van der Waals surface area (Å²) < 4.78 is 0. The monoisotopic (exact) mass is 231 g/mol. The van der Waals surface area contributed by atoms with Gasteiger partial charge in [0.25, 0.3) is 5.91 Å². The Labute approximate surface area is 99.4 Å². The molecular weight excluding hydrogens is 218 g/mol. The molecule has 1 aliphatic heterocycles. The summed E-state index contributed by atoms with van der Waals surface area (Å²) in [5.74, 6) is -0.0122. The first-order valence-electron chi connectivity index (χ1n) is 5.11. The SMILES string of the molecule is Cc1ccc(CC2=CSC=CNC2=O)cc1. The number of rotatable bonds is 2. The molecule has 1 amide bonds. The van der Waals surface area contributed by atoms with Crippen LogP contribution in [0.2, 0.25) is 0 Å². The molecule has 0 fully saturated rings. The topological polar surface area (TPSA) is 29.1 Å². The van der Waals surface area contributed by atoms with Crippen LogP contribution in [-0.2, 0) is 11.2 Å². The predicted molar refractivity (Wildman–Crippen MR) is 67.8 cm³/mol. The van der Waals surface area contributed by atoms with Crippen LogP contribution < -0.4 is 5.32 Å². The molecule has 1 aromatic rings. The van der Waals surface area contributed by atoms with Crippen molar-refractivity contribution in [2.24, 2.45) is 0 Å². The van der Waals surface area contributed by atoms with E-state index < -0.39 is 0 Å². The van der Waals surface area contributed by atoms with Gasteiger partial charge in [0.05, 0.1) is 0 Å². The van der Waals surface area contributed by atoms with Crippen LogP contribution >= 0.6 is 11.8 Å². The van der Waals surface area contributed by atoms with Gasteiger partial charge in [0.1, 0.15) is 0 Å². The molecule has 0 atom stereocenters. The number of amides is 1. The first-order valence-corrected chi connectivity index (χ1v) is 6.06. The molecule has 0 aromatic heterocycles. The van der Waals surface area contributed by atoms with Gasteiger partial charge in [-0.3, -0.25) is 4.79 Å². The van der Waals surface area contributed by atoms with Gasteiger partial charge >= 0.3 is 0 Å². The predicted octanol–water partition coefficient (Wildman–Crippen LogP) is 2.76. The summed E-state index contributed by atoms with van der Waals surface area (Å²) in [4.78, 5) is 11.6. The third kappa shape index (κ3) is 2.76. The van der Waals surface area contributed by atoms with Crippen LogP contribution in [0.5, 0.6) is 0 Å². The third-order valence-corrected chi connectivity index (χ3v) is 3.09. The van der Waals surface area contributed by atoms with Gasteiger partial charge in [0.2, 0.25) is 0 Å². The minimum atomic E-state index is -0.0122. The molecule has 0 bridgehead atoms. The fourth-order valence-corrected chi connectivity index (χ4v) is 2.04. The molecule has 3 heteroatoms. The summed E-state index contributed by atoms with van der Waals surface area (Å²) in [6.07, 6.45) is 2.35. The lowest BCUT2D eigenvalue weighted by Gasteiger charge is -2.05. The van der Waals surface area contributed by atoms with E-state index in [-0.39, 0.29) is 5.91 Å². The standard InChI is InChI=1S/C13H13NOS/c1-10-2-4-11(5-3-10)8-12-9-16-7-6-14-13(12)15/h2-7,9H,8H2,1H3,(H,14,15). The summed E-state index contributed by atoms with van der Waals surface area (Å²) in [6, 6.07) is 8.25. The highest BCUT2D eigenvalue weighted by atomic mass is 32.2. The zero-order valence-electron chi connectivity index (χ0n) is 9.07. The van der Waals surface area contributed by atoms with Gasteiger partial charge in [-0.2, -0.15) is 0 Å². The molecule has 1 aliphatic rings. The average Bonchev–Trinajstić information content (AvgIpc) is 2.48. The largest absolute Gasteiger partial charge is 0.328 e. The number of aryl methyl sites for hydroxylation is 1. The highest BCUT2D eigenvalue weighted by molar-refractivity contribution is 8.04. The van der Waals surface area contributed by atoms with Crippen molar-refractivity contribution in [3.8, 4) is 0 Å². The van der Waals surface area contributed by atoms with Crippen LogP contribution in [0.4, 0.5) is 0 Å². The lowest BCUT2D eigenvalue weighted by molar-refractivity contribution is -0.116. The van der Waals surface area contributed by atoms with Crippen LogP contribution in [0.1, 0.15) is 11.1 Å². The van der Waals surface area contributed by atoms with E-state index in [9.17, 15) is 4.79 Å². The molecule has 2 nitrogen and oxygen atoms in total. The summed E-state index contributed by atoms with van der Waals surface area (Å²) in [6.45, 7) is 2.06. The van der Waals surface area contributed by atoms with Gasteiger partial charge in [0, 0.05) is 18.2 Å². The lowest BCUT2D eigenvalue weighted by Crippen LogP contribution is -2.19. The Bertz CT molecular complexity index is 446. The Morgan fingerprint density at radius 3 is 2.75 bits per heavy atom. The van der Waals surface area contributed by atoms with Crippen molar-refractivity contribution in [1.29, 1.82) is 0 Å². The van der Waals surface area contributed by atoms with E-state index in [1.807, 2.05) is 10.8 Å². The van der Waals surface area contributed by atoms with E-state index in [2.05, 4.69) is 36.5 Å². The molecule has 0 aliphatic carbocycles. The van der Waals surface area contributed by atoms with Gasteiger partial charge < -0.3 is 5.32 Å². The molecule has 0 unspecified atom stereocenters. The maximum absolute atomic E-state index is 11.6. The Kier molecular flexibility index (Phi) is 3.47. The quantitative estimate of drug-likeness (QED) is 0.848. The molecule has 82 valence electrons. The molecule has 0 spiro atoms. The van der Waals surface area contributed by atoms with Crippen LogP contribution in [0.15, 0.2) is 46.9 Å². The van der Waals surface area contributed by atoms with Crippen molar-refractivity contribution < 1.29 is 4.79 Å². The highest BCUT2D eigenvalue weighted by Crippen LogP contribution is 2.16. The fourth-order valence-electron chi connectivity index (χ4n) is 1.46. The highest BCUT2D eigenvalue weighted by Gasteiger charge is 2.10. The molecule has 16 heavy (non-hydrogen) atoms. The number of hydrogen-bond acceptors (Lipinski definition) is 2. The first kappa shape index (κ1) is 11.0. The molecular formula is C13H13NOS. The number of thioether (sulfide) groups is 1. The van der Waals surface area contributed by atoms with E-state index >= 15 is 0 Å². The van der Waals surface area contributed by atoms with Gasteiger partial charge in [-0.25, -0.2) is 0 Å². The van der Waals surface area contributed by atoms with Crippen LogP contribution in [0.25, 0.3) is 0 Å².